The van der Waals surface area contributed by atoms with Crippen molar-refractivity contribution >= 4 is 15.7 Å². The fourth-order valence-electron chi connectivity index (χ4n) is 5.85. The monoisotopic (exact) mass is 532 g/mol. The van der Waals surface area contributed by atoms with Crippen LogP contribution < -0.4 is 0 Å². The summed E-state index contributed by atoms with van der Waals surface area (Å²) in [6, 6.07) is 14.6. The molecule has 4 aromatic rings. The van der Waals surface area contributed by atoms with E-state index in [1.165, 1.54) is 50.0 Å². The predicted octanol–water partition coefficient (Wildman–Crippen LogP) is 4.72. The Morgan fingerprint density at radius 1 is 0.895 bits per heavy atom. The van der Waals surface area contributed by atoms with Crippen LogP contribution in [0.3, 0.4) is 0 Å². The summed E-state index contributed by atoms with van der Waals surface area (Å²) in [7, 11) is -3.49. The molecule has 2 fully saturated rings. The molecule has 200 valence electrons. The van der Waals surface area contributed by atoms with Gasteiger partial charge in [0.05, 0.1) is 23.3 Å². The smallest absolute Gasteiger partial charge is 0.256 e. The second-order valence-corrected chi connectivity index (χ2v) is 12.8. The van der Waals surface area contributed by atoms with Gasteiger partial charge in [0, 0.05) is 12.0 Å². The van der Waals surface area contributed by atoms with Crippen molar-refractivity contribution < 1.29 is 8.42 Å². The van der Waals surface area contributed by atoms with Gasteiger partial charge in [-0.25, -0.2) is 17.9 Å². The largest absolute Gasteiger partial charge is 0.303 e. The summed E-state index contributed by atoms with van der Waals surface area (Å²) in [5, 5.41) is 8.66. The van der Waals surface area contributed by atoms with Gasteiger partial charge in [-0.1, -0.05) is 49.6 Å². The van der Waals surface area contributed by atoms with Crippen molar-refractivity contribution in [3.63, 3.8) is 0 Å². The van der Waals surface area contributed by atoms with E-state index in [-0.39, 0.29) is 5.25 Å². The van der Waals surface area contributed by atoms with Crippen LogP contribution in [0.15, 0.2) is 54.9 Å². The summed E-state index contributed by atoms with van der Waals surface area (Å²) < 4.78 is 29.2. The van der Waals surface area contributed by atoms with Crippen molar-refractivity contribution in [3.05, 3.63) is 71.8 Å². The third kappa shape index (κ3) is 5.40. The Balaban J connectivity index is 1.15. The molecule has 6 rings (SSSR count). The minimum atomic E-state index is -3.49. The Kier molecular flexibility index (Phi) is 7.30. The van der Waals surface area contributed by atoms with Crippen LogP contribution in [0.1, 0.15) is 68.3 Å². The lowest BCUT2D eigenvalue weighted by atomic mass is 10.0. The number of aryl methyl sites for hydroxylation is 1. The first kappa shape index (κ1) is 25.2. The molecule has 0 amide bonds. The van der Waals surface area contributed by atoms with Crippen LogP contribution in [-0.2, 0) is 22.9 Å². The fourth-order valence-corrected chi connectivity index (χ4v) is 7.53. The Bertz CT molecular complexity index is 1480. The molecule has 2 aliphatic rings. The van der Waals surface area contributed by atoms with E-state index in [2.05, 4.69) is 34.3 Å². The normalized spacial score (nSPS) is 17.5. The van der Waals surface area contributed by atoms with Crippen molar-refractivity contribution in [1.29, 1.82) is 0 Å². The first-order valence-electron chi connectivity index (χ1n) is 14.0. The van der Waals surface area contributed by atoms with E-state index < -0.39 is 10.0 Å². The van der Waals surface area contributed by atoms with Crippen LogP contribution in [0.2, 0.25) is 0 Å². The number of hydrogen-bond acceptors (Lipinski definition) is 6. The van der Waals surface area contributed by atoms with E-state index >= 15 is 0 Å². The number of rotatable bonds is 9. The third-order valence-electron chi connectivity index (χ3n) is 8.02. The molecule has 0 spiro atoms. The van der Waals surface area contributed by atoms with Gasteiger partial charge in [0.1, 0.15) is 0 Å². The predicted molar refractivity (Wildman–Crippen MR) is 149 cm³/mol. The highest BCUT2D eigenvalue weighted by Gasteiger charge is 2.29. The lowest BCUT2D eigenvalue weighted by Crippen LogP contribution is -2.29. The summed E-state index contributed by atoms with van der Waals surface area (Å²) in [6.07, 6.45) is 13.3. The number of benzene rings is 1. The van der Waals surface area contributed by atoms with Crippen LogP contribution in [0, 0.1) is 0 Å². The van der Waals surface area contributed by atoms with Gasteiger partial charge in [0.25, 0.3) is 10.0 Å². The third-order valence-corrected chi connectivity index (χ3v) is 10.1. The fraction of sp³-hybridized carbons (Fsp3) is 0.483. The van der Waals surface area contributed by atoms with Crippen molar-refractivity contribution in [1.82, 2.24) is 28.7 Å². The minimum absolute atomic E-state index is 0.353. The Labute approximate surface area is 224 Å². The summed E-state index contributed by atoms with van der Waals surface area (Å²) >= 11 is 0. The molecule has 1 aromatic carbocycles. The number of pyridine rings is 1. The number of nitrogens with zero attached hydrogens (tertiary/aromatic N) is 6. The highest BCUT2D eigenvalue weighted by atomic mass is 32.2. The van der Waals surface area contributed by atoms with Gasteiger partial charge in [-0.2, -0.15) is 14.3 Å². The van der Waals surface area contributed by atoms with Crippen molar-refractivity contribution in [2.24, 2.45) is 0 Å². The van der Waals surface area contributed by atoms with Crippen LogP contribution in [0.4, 0.5) is 0 Å². The standard InChI is InChI=1S/C29H36N6O2S/c36-38(37,26-9-2-1-3-10-26)34-22-25(21-30-34)27-11-6-12-29-31-28(32-35(27)29)20-24-15-13-23(14-16-24)8-7-19-33-17-4-5-18-33/h6,11-16,21-22,26H,1-5,7-10,17-20H2. The van der Waals surface area contributed by atoms with Crippen LogP contribution in [0.25, 0.3) is 16.9 Å². The molecule has 38 heavy (non-hydrogen) atoms. The first-order valence-corrected chi connectivity index (χ1v) is 15.5. The molecule has 3 aromatic heterocycles. The number of hydrogen-bond donors (Lipinski definition) is 0. The molecular formula is C29H36N6O2S. The van der Waals surface area contributed by atoms with E-state index in [1.807, 2.05) is 18.2 Å². The highest BCUT2D eigenvalue weighted by molar-refractivity contribution is 7.90. The zero-order valence-corrected chi connectivity index (χ0v) is 22.7. The molecule has 0 atom stereocenters. The number of aromatic nitrogens is 5. The average Bonchev–Trinajstić information content (AvgIpc) is 3.71. The van der Waals surface area contributed by atoms with Gasteiger partial charge in [0.2, 0.25) is 0 Å². The molecule has 0 unspecified atom stereocenters. The van der Waals surface area contributed by atoms with Gasteiger partial charge >= 0.3 is 0 Å². The van der Waals surface area contributed by atoms with Gasteiger partial charge < -0.3 is 4.90 Å². The lowest BCUT2D eigenvalue weighted by Gasteiger charge is -2.21. The summed E-state index contributed by atoms with van der Waals surface area (Å²) in [6.45, 7) is 3.71. The Morgan fingerprint density at radius 3 is 2.45 bits per heavy atom. The maximum atomic E-state index is 13.1. The Hall–Kier alpha value is -3.04. The molecule has 1 aliphatic heterocycles. The molecule has 0 radical (unpaired) electrons. The number of likely N-dealkylation sites (tertiary alicyclic amines) is 1. The molecule has 1 saturated carbocycles. The van der Waals surface area contributed by atoms with Crippen molar-refractivity contribution in [2.75, 3.05) is 19.6 Å². The summed E-state index contributed by atoms with van der Waals surface area (Å²) in [5.74, 6) is 0.737. The van der Waals surface area contributed by atoms with E-state index in [9.17, 15) is 8.42 Å². The molecular weight excluding hydrogens is 496 g/mol. The van der Waals surface area contributed by atoms with Gasteiger partial charge in [-0.05, 0) is 81.4 Å². The lowest BCUT2D eigenvalue weighted by molar-refractivity contribution is 0.334. The van der Waals surface area contributed by atoms with Crippen LogP contribution in [0.5, 0.6) is 0 Å². The quantitative estimate of drug-likeness (QED) is 0.310. The summed E-state index contributed by atoms with van der Waals surface area (Å²) in [4.78, 5) is 7.31. The second-order valence-electron chi connectivity index (χ2n) is 10.8. The minimum Gasteiger partial charge on any atom is -0.303 e. The zero-order valence-electron chi connectivity index (χ0n) is 21.9. The molecule has 9 heteroatoms. The van der Waals surface area contributed by atoms with Gasteiger partial charge in [0.15, 0.2) is 11.5 Å². The first-order chi connectivity index (χ1) is 18.6. The van der Waals surface area contributed by atoms with Gasteiger partial charge in [-0.3, -0.25) is 0 Å². The SMILES string of the molecule is O=S(=O)(C1CCCCC1)n1cc(-c2cccc3nc(Cc4ccc(CCCN5CCCC5)cc4)nn23)cn1. The topological polar surface area (TPSA) is 85.4 Å². The highest BCUT2D eigenvalue weighted by Crippen LogP contribution is 2.27. The Morgan fingerprint density at radius 2 is 1.66 bits per heavy atom. The van der Waals surface area contributed by atoms with Crippen molar-refractivity contribution in [3.8, 4) is 11.3 Å². The van der Waals surface area contributed by atoms with E-state index in [0.29, 0.717) is 24.8 Å². The van der Waals surface area contributed by atoms with E-state index in [0.717, 1.165) is 46.9 Å². The molecule has 1 saturated heterocycles. The van der Waals surface area contributed by atoms with E-state index in [4.69, 9.17) is 10.1 Å². The molecule has 4 heterocycles. The van der Waals surface area contributed by atoms with Gasteiger partial charge in [-0.15, -0.1) is 0 Å². The second kappa shape index (κ2) is 11.0. The van der Waals surface area contributed by atoms with Crippen molar-refractivity contribution in [2.45, 2.75) is 69.5 Å². The summed E-state index contributed by atoms with van der Waals surface area (Å²) in [5.41, 5.74) is 4.78. The average molecular weight is 533 g/mol. The maximum absolute atomic E-state index is 13.1. The van der Waals surface area contributed by atoms with Crippen LogP contribution in [-0.4, -0.2) is 62.0 Å². The molecule has 1 aliphatic carbocycles. The molecule has 0 N–H and O–H groups in total. The number of fused-ring (bicyclic) bond motifs is 1. The molecule has 0 bridgehead atoms. The van der Waals surface area contributed by atoms with Crippen LogP contribution >= 0.6 is 0 Å². The zero-order chi connectivity index (χ0) is 26.0. The maximum Gasteiger partial charge on any atom is 0.256 e. The molecule has 8 nitrogen and oxygen atoms in total. The van der Waals surface area contributed by atoms with E-state index in [1.54, 1.807) is 16.9 Å².